The van der Waals surface area contributed by atoms with Crippen molar-refractivity contribution in [1.82, 2.24) is 10.9 Å². The molecule has 1 fully saturated rings. The molecular formula is C18H16FN3O. The van der Waals surface area contributed by atoms with Gasteiger partial charge in [0.2, 0.25) is 5.91 Å². The van der Waals surface area contributed by atoms with Gasteiger partial charge in [-0.1, -0.05) is 24.1 Å². The van der Waals surface area contributed by atoms with Crippen LogP contribution in [0.2, 0.25) is 0 Å². The first-order chi connectivity index (χ1) is 11.2. The molecule has 1 heterocycles. The zero-order chi connectivity index (χ0) is 16.2. The van der Waals surface area contributed by atoms with Gasteiger partial charge in [-0.05, 0) is 35.9 Å². The highest BCUT2D eigenvalue weighted by Crippen LogP contribution is 2.26. The van der Waals surface area contributed by atoms with Crippen LogP contribution in [0, 0.1) is 24.1 Å². The Kier molecular flexibility index (Phi) is 4.38. The van der Waals surface area contributed by atoms with E-state index in [1.165, 1.54) is 12.1 Å². The van der Waals surface area contributed by atoms with E-state index in [9.17, 15) is 9.18 Å². The molecule has 2 aromatic carbocycles. The Hall–Kier alpha value is -2.68. The second kappa shape index (κ2) is 6.61. The van der Waals surface area contributed by atoms with Crippen LogP contribution >= 0.6 is 0 Å². The van der Waals surface area contributed by atoms with Crippen molar-refractivity contribution in [3.63, 3.8) is 0 Å². The highest BCUT2D eigenvalue weighted by molar-refractivity contribution is 5.93. The molecule has 0 bridgehead atoms. The van der Waals surface area contributed by atoms with E-state index in [2.05, 4.69) is 22.1 Å². The van der Waals surface area contributed by atoms with Crippen LogP contribution in [0.25, 0.3) is 0 Å². The van der Waals surface area contributed by atoms with E-state index in [1.54, 1.807) is 36.4 Å². The van der Waals surface area contributed by atoms with Crippen molar-refractivity contribution in [2.45, 2.75) is 6.04 Å². The van der Waals surface area contributed by atoms with Crippen molar-refractivity contribution in [3.05, 3.63) is 65.5 Å². The average molecular weight is 309 g/mol. The average Bonchev–Trinajstić information content (AvgIpc) is 3.05. The largest absolute Gasteiger partial charge is 0.326 e. The number of halogens is 1. The summed E-state index contributed by atoms with van der Waals surface area (Å²) in [5.74, 6) is 1.81. The zero-order valence-electron chi connectivity index (χ0n) is 12.3. The van der Waals surface area contributed by atoms with Crippen molar-refractivity contribution < 1.29 is 9.18 Å². The van der Waals surface area contributed by atoms with Gasteiger partial charge >= 0.3 is 0 Å². The second-order valence-electron chi connectivity index (χ2n) is 5.38. The number of nitrogens with one attached hydrogen (secondary N) is 3. The van der Waals surface area contributed by atoms with Gasteiger partial charge in [0.05, 0.1) is 12.0 Å². The molecule has 23 heavy (non-hydrogen) atoms. The number of carbonyl (C=O) groups is 1. The number of hydrogen-bond acceptors (Lipinski definition) is 3. The van der Waals surface area contributed by atoms with Gasteiger partial charge in [0.15, 0.2) is 0 Å². The molecule has 0 saturated carbocycles. The van der Waals surface area contributed by atoms with E-state index in [4.69, 9.17) is 6.42 Å². The predicted octanol–water partition coefficient (Wildman–Crippen LogP) is 2.21. The Balaban J connectivity index is 1.75. The number of anilines is 1. The minimum Gasteiger partial charge on any atom is -0.326 e. The lowest BCUT2D eigenvalue weighted by atomic mass is 9.94. The quantitative estimate of drug-likeness (QED) is 0.762. The highest BCUT2D eigenvalue weighted by Gasteiger charge is 2.33. The molecule has 3 N–H and O–H groups in total. The third-order valence-corrected chi connectivity index (χ3v) is 3.84. The maximum absolute atomic E-state index is 13.1. The maximum atomic E-state index is 13.1. The monoisotopic (exact) mass is 309 g/mol. The Bertz CT molecular complexity index is 752. The molecule has 1 amide bonds. The zero-order valence-corrected chi connectivity index (χ0v) is 12.3. The fourth-order valence-corrected chi connectivity index (χ4v) is 2.65. The molecular weight excluding hydrogens is 293 g/mol. The van der Waals surface area contributed by atoms with E-state index in [-0.39, 0.29) is 23.7 Å². The van der Waals surface area contributed by atoms with Crippen molar-refractivity contribution in [3.8, 4) is 12.3 Å². The van der Waals surface area contributed by atoms with Crippen LogP contribution in [0.15, 0.2) is 48.5 Å². The molecule has 1 saturated heterocycles. The number of hydrogen-bond donors (Lipinski definition) is 3. The Morgan fingerprint density at radius 3 is 2.78 bits per heavy atom. The van der Waals surface area contributed by atoms with Gasteiger partial charge in [0.1, 0.15) is 5.82 Å². The van der Waals surface area contributed by atoms with Gasteiger partial charge in [-0.3, -0.25) is 10.2 Å². The Labute approximate surface area is 134 Å². The molecule has 3 rings (SSSR count). The highest BCUT2D eigenvalue weighted by atomic mass is 19.1. The van der Waals surface area contributed by atoms with Crippen LogP contribution in [0.3, 0.4) is 0 Å². The number of amides is 1. The minimum absolute atomic E-state index is 0.119. The van der Waals surface area contributed by atoms with Crippen LogP contribution in [-0.2, 0) is 4.79 Å². The van der Waals surface area contributed by atoms with Crippen molar-refractivity contribution in [2.24, 2.45) is 5.92 Å². The summed E-state index contributed by atoms with van der Waals surface area (Å²) in [4.78, 5) is 12.5. The molecule has 0 radical (unpaired) electrons. The summed E-state index contributed by atoms with van der Waals surface area (Å²) in [7, 11) is 0. The molecule has 0 aromatic heterocycles. The SMILES string of the molecule is C#Cc1cccc(NC(=O)C2CNNC2c2ccc(F)cc2)c1. The van der Waals surface area contributed by atoms with Gasteiger partial charge in [-0.25, -0.2) is 9.82 Å². The van der Waals surface area contributed by atoms with E-state index in [1.807, 2.05) is 0 Å². The van der Waals surface area contributed by atoms with Gasteiger partial charge in [0, 0.05) is 17.8 Å². The molecule has 116 valence electrons. The normalized spacial score (nSPS) is 20.0. The summed E-state index contributed by atoms with van der Waals surface area (Å²) < 4.78 is 13.1. The third-order valence-electron chi connectivity index (χ3n) is 3.84. The summed E-state index contributed by atoms with van der Waals surface area (Å²) in [6.45, 7) is 0.489. The fourth-order valence-electron chi connectivity index (χ4n) is 2.65. The van der Waals surface area contributed by atoms with Crippen LogP contribution in [0.1, 0.15) is 17.2 Å². The summed E-state index contributed by atoms with van der Waals surface area (Å²) in [6, 6.07) is 13.1. The molecule has 1 aliphatic rings. The molecule has 0 aliphatic carbocycles. The van der Waals surface area contributed by atoms with Crippen LogP contribution < -0.4 is 16.2 Å². The summed E-state index contributed by atoms with van der Waals surface area (Å²) in [6.07, 6.45) is 5.37. The van der Waals surface area contributed by atoms with Gasteiger partial charge in [-0.15, -0.1) is 6.42 Å². The van der Waals surface area contributed by atoms with Crippen LogP contribution in [0.5, 0.6) is 0 Å². The second-order valence-corrected chi connectivity index (χ2v) is 5.38. The molecule has 0 spiro atoms. The molecule has 2 unspecified atom stereocenters. The molecule has 2 aromatic rings. The minimum atomic E-state index is -0.310. The van der Waals surface area contributed by atoms with E-state index >= 15 is 0 Å². The maximum Gasteiger partial charge on any atom is 0.230 e. The van der Waals surface area contributed by atoms with Crippen LogP contribution in [-0.4, -0.2) is 12.5 Å². The van der Waals surface area contributed by atoms with Gasteiger partial charge in [0.25, 0.3) is 0 Å². The first-order valence-corrected chi connectivity index (χ1v) is 7.29. The lowest BCUT2D eigenvalue weighted by Crippen LogP contribution is -2.29. The first-order valence-electron chi connectivity index (χ1n) is 7.29. The summed E-state index contributed by atoms with van der Waals surface area (Å²) >= 11 is 0. The van der Waals surface area contributed by atoms with E-state index in [0.29, 0.717) is 17.8 Å². The lowest BCUT2D eigenvalue weighted by molar-refractivity contribution is -0.119. The molecule has 2 atom stereocenters. The lowest BCUT2D eigenvalue weighted by Gasteiger charge is -2.18. The van der Waals surface area contributed by atoms with E-state index < -0.39 is 0 Å². The van der Waals surface area contributed by atoms with Crippen molar-refractivity contribution in [2.75, 3.05) is 11.9 Å². The summed E-state index contributed by atoms with van der Waals surface area (Å²) in [5, 5.41) is 2.88. The smallest absolute Gasteiger partial charge is 0.230 e. The predicted molar refractivity (Wildman–Crippen MR) is 86.8 cm³/mol. The molecule has 1 aliphatic heterocycles. The molecule has 4 nitrogen and oxygen atoms in total. The number of carbonyl (C=O) groups excluding carboxylic acids is 1. The Morgan fingerprint density at radius 2 is 2.04 bits per heavy atom. The van der Waals surface area contributed by atoms with Gasteiger partial charge < -0.3 is 5.32 Å². The standard InChI is InChI=1S/C18H16FN3O/c1-2-12-4-3-5-15(10-12)21-18(23)16-11-20-22-17(16)13-6-8-14(19)9-7-13/h1,3-10,16-17,20,22H,11H2,(H,21,23). The van der Waals surface area contributed by atoms with Gasteiger partial charge in [-0.2, -0.15) is 0 Å². The van der Waals surface area contributed by atoms with Crippen molar-refractivity contribution >= 4 is 11.6 Å². The number of hydrazine groups is 1. The van der Waals surface area contributed by atoms with Crippen LogP contribution in [0.4, 0.5) is 10.1 Å². The number of benzene rings is 2. The first kappa shape index (κ1) is 15.2. The van der Waals surface area contributed by atoms with Crippen molar-refractivity contribution in [1.29, 1.82) is 0 Å². The Morgan fingerprint density at radius 1 is 1.26 bits per heavy atom. The summed E-state index contributed by atoms with van der Waals surface area (Å²) in [5.41, 5.74) is 8.28. The third kappa shape index (κ3) is 3.39. The van der Waals surface area contributed by atoms with E-state index in [0.717, 1.165) is 5.56 Å². The fraction of sp³-hybridized carbons (Fsp3) is 0.167. The molecule has 5 heteroatoms. The topological polar surface area (TPSA) is 53.2 Å². The number of terminal acetylenes is 1. The number of rotatable bonds is 3.